The Morgan fingerprint density at radius 1 is 1.11 bits per heavy atom. The van der Waals surface area contributed by atoms with Crippen LogP contribution in [0.1, 0.15) is 0 Å². The van der Waals surface area contributed by atoms with Crippen LogP contribution in [0.3, 0.4) is 0 Å². The highest BCUT2D eigenvalue weighted by atomic mass is 16.6. The van der Waals surface area contributed by atoms with E-state index >= 15 is 0 Å². The molecule has 0 spiro atoms. The highest BCUT2D eigenvalue weighted by Crippen LogP contribution is 2.31. The molecule has 4 rings (SSSR count). The van der Waals surface area contributed by atoms with Gasteiger partial charge in [0, 0.05) is 38.4 Å². The van der Waals surface area contributed by atoms with Gasteiger partial charge in [-0.2, -0.15) is 0 Å². The molecule has 1 aromatic heterocycles. The van der Waals surface area contributed by atoms with E-state index in [9.17, 15) is 14.9 Å². The minimum Gasteiger partial charge on any atom is -0.485 e. The minimum atomic E-state index is -0.685. The molecule has 1 atom stereocenters. The van der Waals surface area contributed by atoms with Crippen molar-refractivity contribution < 1.29 is 19.2 Å². The van der Waals surface area contributed by atoms with Gasteiger partial charge in [-0.05, 0) is 18.2 Å². The number of hydrogen-bond donors (Lipinski definition) is 0. The number of amides is 1. The van der Waals surface area contributed by atoms with Gasteiger partial charge in [0.15, 0.2) is 11.5 Å². The van der Waals surface area contributed by atoms with Gasteiger partial charge in [0.25, 0.3) is 5.91 Å². The summed E-state index contributed by atoms with van der Waals surface area (Å²) in [7, 11) is 0. The van der Waals surface area contributed by atoms with Gasteiger partial charge >= 0.3 is 5.69 Å². The van der Waals surface area contributed by atoms with Crippen LogP contribution < -0.4 is 14.4 Å². The Hall–Kier alpha value is -3.36. The maximum absolute atomic E-state index is 12.8. The van der Waals surface area contributed by atoms with Crippen LogP contribution in [-0.2, 0) is 4.79 Å². The van der Waals surface area contributed by atoms with Gasteiger partial charge in [0.05, 0.1) is 4.92 Å². The van der Waals surface area contributed by atoms with Gasteiger partial charge in [-0.3, -0.25) is 14.9 Å². The Kier molecular flexibility index (Phi) is 4.49. The molecule has 9 nitrogen and oxygen atoms in total. The number of fused-ring (bicyclic) bond motifs is 1. The first-order chi connectivity index (χ1) is 13.1. The first kappa shape index (κ1) is 17.1. The van der Waals surface area contributed by atoms with Crippen molar-refractivity contribution in [1.29, 1.82) is 0 Å². The Balaban J connectivity index is 1.40. The maximum atomic E-state index is 12.8. The molecule has 27 heavy (non-hydrogen) atoms. The standard InChI is InChI=1S/C18H18N4O5/c23-18(16-12-26-14-5-1-2-6-15(14)27-16)21-10-8-20(9-11-21)17-13(22(24)25)4-3-7-19-17/h1-7,16H,8-12H2/t16-/m1/s1. The number of benzene rings is 1. The van der Waals surface area contributed by atoms with Gasteiger partial charge in [-0.15, -0.1) is 0 Å². The monoisotopic (exact) mass is 370 g/mol. The Morgan fingerprint density at radius 2 is 1.85 bits per heavy atom. The molecule has 3 heterocycles. The van der Waals surface area contributed by atoms with E-state index in [1.54, 1.807) is 23.1 Å². The zero-order valence-electron chi connectivity index (χ0n) is 14.5. The second-order valence-electron chi connectivity index (χ2n) is 6.28. The normalized spacial score (nSPS) is 18.9. The van der Waals surface area contributed by atoms with Crippen LogP contribution in [0.2, 0.25) is 0 Å². The van der Waals surface area contributed by atoms with E-state index in [0.717, 1.165) is 0 Å². The Labute approximate surface area is 155 Å². The first-order valence-electron chi connectivity index (χ1n) is 8.65. The number of anilines is 1. The molecule has 1 saturated heterocycles. The number of para-hydroxylation sites is 2. The van der Waals surface area contributed by atoms with E-state index < -0.39 is 11.0 Å². The highest BCUT2D eigenvalue weighted by Gasteiger charge is 2.33. The lowest BCUT2D eigenvalue weighted by atomic mass is 10.2. The van der Waals surface area contributed by atoms with Crippen molar-refractivity contribution in [2.24, 2.45) is 0 Å². The molecule has 0 bridgehead atoms. The fourth-order valence-electron chi connectivity index (χ4n) is 3.26. The summed E-state index contributed by atoms with van der Waals surface area (Å²) in [5.74, 6) is 1.39. The third-order valence-corrected chi connectivity index (χ3v) is 4.64. The number of nitrogens with zero attached hydrogens (tertiary/aromatic N) is 4. The van der Waals surface area contributed by atoms with Gasteiger partial charge in [0.2, 0.25) is 11.9 Å². The molecular weight excluding hydrogens is 352 g/mol. The third kappa shape index (κ3) is 3.35. The predicted molar refractivity (Wildman–Crippen MR) is 96.0 cm³/mol. The quantitative estimate of drug-likeness (QED) is 0.596. The minimum absolute atomic E-state index is 0.0297. The molecule has 1 amide bonds. The summed E-state index contributed by atoms with van der Waals surface area (Å²) in [5.41, 5.74) is -0.0297. The van der Waals surface area contributed by atoms with Gasteiger partial charge < -0.3 is 19.3 Å². The molecule has 2 aromatic rings. The number of pyridine rings is 1. The van der Waals surface area contributed by atoms with Crippen LogP contribution in [0.25, 0.3) is 0 Å². The Morgan fingerprint density at radius 3 is 2.59 bits per heavy atom. The average molecular weight is 370 g/mol. The van der Waals surface area contributed by atoms with E-state index in [4.69, 9.17) is 9.47 Å². The molecular formula is C18H18N4O5. The number of aromatic nitrogens is 1. The number of hydrogen-bond acceptors (Lipinski definition) is 7. The second kappa shape index (κ2) is 7.10. The van der Waals surface area contributed by atoms with E-state index in [2.05, 4.69) is 4.98 Å². The zero-order chi connectivity index (χ0) is 18.8. The summed E-state index contributed by atoms with van der Waals surface area (Å²) < 4.78 is 11.4. The molecule has 0 aliphatic carbocycles. The van der Waals surface area contributed by atoms with Crippen molar-refractivity contribution in [2.75, 3.05) is 37.7 Å². The van der Waals surface area contributed by atoms with Crippen molar-refractivity contribution in [3.63, 3.8) is 0 Å². The molecule has 2 aliphatic rings. The molecule has 9 heteroatoms. The SMILES string of the molecule is O=C([C@H]1COc2ccccc2O1)N1CCN(c2ncccc2[N+](=O)[O-])CC1. The van der Waals surface area contributed by atoms with Crippen LogP contribution in [0.15, 0.2) is 42.6 Å². The average Bonchev–Trinajstić information content (AvgIpc) is 2.73. The highest BCUT2D eigenvalue weighted by molar-refractivity contribution is 5.82. The summed E-state index contributed by atoms with van der Waals surface area (Å²) in [6.45, 7) is 1.98. The summed E-state index contributed by atoms with van der Waals surface area (Å²) in [6, 6.07) is 10.2. The fourth-order valence-corrected chi connectivity index (χ4v) is 3.26. The van der Waals surface area contributed by atoms with E-state index in [0.29, 0.717) is 43.5 Å². The maximum Gasteiger partial charge on any atom is 0.311 e. The molecule has 140 valence electrons. The number of carbonyl (C=O) groups is 1. The van der Waals surface area contributed by atoms with Crippen LogP contribution in [0, 0.1) is 10.1 Å². The number of piperazine rings is 1. The van der Waals surface area contributed by atoms with Crippen molar-refractivity contribution in [1.82, 2.24) is 9.88 Å². The summed E-state index contributed by atoms with van der Waals surface area (Å²) in [4.78, 5) is 31.2. The molecule has 0 radical (unpaired) electrons. The lowest BCUT2D eigenvalue weighted by molar-refractivity contribution is -0.384. The molecule has 1 aromatic carbocycles. The van der Waals surface area contributed by atoms with Crippen LogP contribution in [0.5, 0.6) is 11.5 Å². The van der Waals surface area contributed by atoms with Crippen molar-refractivity contribution in [2.45, 2.75) is 6.10 Å². The van der Waals surface area contributed by atoms with Gasteiger partial charge in [0.1, 0.15) is 6.61 Å². The molecule has 0 saturated carbocycles. The molecule has 0 unspecified atom stereocenters. The summed E-state index contributed by atoms with van der Waals surface area (Å²) >= 11 is 0. The second-order valence-corrected chi connectivity index (χ2v) is 6.28. The summed E-state index contributed by atoms with van der Waals surface area (Å²) in [5, 5.41) is 11.2. The van der Waals surface area contributed by atoms with Crippen molar-refractivity contribution in [3.05, 3.63) is 52.7 Å². The smallest absolute Gasteiger partial charge is 0.311 e. The first-order valence-corrected chi connectivity index (χ1v) is 8.65. The van der Waals surface area contributed by atoms with Crippen molar-refractivity contribution in [3.8, 4) is 11.5 Å². The van der Waals surface area contributed by atoms with Crippen LogP contribution >= 0.6 is 0 Å². The Bertz CT molecular complexity index is 866. The predicted octanol–water partition coefficient (Wildman–Crippen LogP) is 1.48. The summed E-state index contributed by atoms with van der Waals surface area (Å²) in [6.07, 6.45) is 0.848. The van der Waals surface area contributed by atoms with Gasteiger partial charge in [-0.25, -0.2) is 4.98 Å². The largest absolute Gasteiger partial charge is 0.485 e. The van der Waals surface area contributed by atoms with Crippen LogP contribution in [-0.4, -0.2) is 59.6 Å². The van der Waals surface area contributed by atoms with E-state index in [-0.39, 0.29) is 18.2 Å². The van der Waals surface area contributed by atoms with E-state index in [1.165, 1.54) is 12.3 Å². The molecule has 2 aliphatic heterocycles. The number of carbonyl (C=O) groups excluding carboxylic acids is 1. The lowest BCUT2D eigenvalue weighted by Crippen LogP contribution is -2.54. The molecule has 0 N–H and O–H groups in total. The van der Waals surface area contributed by atoms with Crippen molar-refractivity contribution >= 4 is 17.4 Å². The molecule has 1 fully saturated rings. The van der Waals surface area contributed by atoms with E-state index in [1.807, 2.05) is 17.0 Å². The third-order valence-electron chi connectivity index (χ3n) is 4.64. The number of ether oxygens (including phenoxy) is 2. The number of nitro groups is 1. The fraction of sp³-hybridized carbons (Fsp3) is 0.333. The van der Waals surface area contributed by atoms with Crippen LogP contribution in [0.4, 0.5) is 11.5 Å². The zero-order valence-corrected chi connectivity index (χ0v) is 14.5. The topological polar surface area (TPSA) is 98.0 Å². The lowest BCUT2D eigenvalue weighted by Gasteiger charge is -2.37. The number of rotatable bonds is 3. The van der Waals surface area contributed by atoms with Gasteiger partial charge in [-0.1, -0.05) is 12.1 Å².